The van der Waals surface area contributed by atoms with E-state index in [0.717, 1.165) is 5.92 Å². The summed E-state index contributed by atoms with van der Waals surface area (Å²) in [4.78, 5) is 2.48. The third-order valence-corrected chi connectivity index (χ3v) is 5.49. The normalized spacial score (nSPS) is 31.9. The van der Waals surface area contributed by atoms with E-state index < -0.39 is 0 Å². The van der Waals surface area contributed by atoms with Crippen LogP contribution in [0.25, 0.3) is 0 Å². The Bertz CT molecular complexity index is 293. The third kappa shape index (κ3) is 4.19. The van der Waals surface area contributed by atoms with Crippen molar-refractivity contribution < 1.29 is 5.11 Å². The summed E-state index contributed by atoms with van der Waals surface area (Å²) in [6.07, 6.45) is 8.84. The zero-order chi connectivity index (χ0) is 14.6. The van der Waals surface area contributed by atoms with Crippen molar-refractivity contribution in [2.75, 3.05) is 26.7 Å². The highest BCUT2D eigenvalue weighted by Crippen LogP contribution is 2.40. The van der Waals surface area contributed by atoms with Crippen LogP contribution in [0.2, 0.25) is 0 Å². The van der Waals surface area contributed by atoms with E-state index >= 15 is 0 Å². The molecule has 3 unspecified atom stereocenters. The minimum atomic E-state index is 0.0401. The summed E-state index contributed by atoms with van der Waals surface area (Å²) < 4.78 is 0. The first-order valence-corrected chi connectivity index (χ1v) is 8.66. The smallest absolute Gasteiger partial charge is 0.0616 e. The molecule has 3 nitrogen and oxygen atoms in total. The average molecular weight is 282 g/mol. The Morgan fingerprint density at radius 3 is 2.70 bits per heavy atom. The predicted octanol–water partition coefficient (Wildman–Crippen LogP) is 2.64. The van der Waals surface area contributed by atoms with Crippen molar-refractivity contribution in [3.63, 3.8) is 0 Å². The van der Waals surface area contributed by atoms with E-state index in [1.165, 1.54) is 58.0 Å². The Morgan fingerprint density at radius 1 is 1.35 bits per heavy atom. The van der Waals surface area contributed by atoms with E-state index in [0.29, 0.717) is 18.6 Å². The minimum absolute atomic E-state index is 0.0401. The molecule has 0 aromatic rings. The Labute approximate surface area is 125 Å². The van der Waals surface area contributed by atoms with E-state index in [1.54, 1.807) is 0 Å². The number of hydrogen-bond acceptors (Lipinski definition) is 3. The van der Waals surface area contributed by atoms with Crippen LogP contribution in [0.15, 0.2) is 0 Å². The van der Waals surface area contributed by atoms with Gasteiger partial charge in [-0.3, -0.25) is 0 Å². The van der Waals surface area contributed by atoms with Crippen LogP contribution in [-0.4, -0.2) is 48.3 Å². The lowest BCUT2D eigenvalue weighted by Gasteiger charge is -2.36. The van der Waals surface area contributed by atoms with E-state index in [4.69, 9.17) is 0 Å². The highest BCUT2D eigenvalue weighted by molar-refractivity contribution is 5.03. The SMILES string of the molecule is CCC(C)CN(C)CCC1CCCC1(CO)NC1CC1. The molecule has 0 amide bonds. The highest BCUT2D eigenvalue weighted by atomic mass is 16.3. The van der Waals surface area contributed by atoms with Gasteiger partial charge in [-0.2, -0.15) is 0 Å². The molecule has 2 saturated carbocycles. The topological polar surface area (TPSA) is 35.5 Å². The van der Waals surface area contributed by atoms with Crippen molar-refractivity contribution in [3.8, 4) is 0 Å². The van der Waals surface area contributed by atoms with E-state index in [2.05, 4.69) is 31.1 Å². The Morgan fingerprint density at radius 2 is 2.10 bits per heavy atom. The third-order valence-electron chi connectivity index (χ3n) is 5.49. The average Bonchev–Trinajstić information content (AvgIpc) is 3.15. The van der Waals surface area contributed by atoms with Gasteiger partial charge in [0.15, 0.2) is 0 Å². The molecule has 2 fully saturated rings. The van der Waals surface area contributed by atoms with Crippen molar-refractivity contribution in [2.24, 2.45) is 11.8 Å². The lowest BCUT2D eigenvalue weighted by molar-refractivity contribution is 0.110. The quantitative estimate of drug-likeness (QED) is 0.682. The second-order valence-electron chi connectivity index (χ2n) is 7.39. The fourth-order valence-electron chi connectivity index (χ4n) is 3.77. The number of aliphatic hydroxyl groups is 1. The van der Waals surface area contributed by atoms with Gasteiger partial charge in [-0.1, -0.05) is 26.7 Å². The Balaban J connectivity index is 1.80. The van der Waals surface area contributed by atoms with Crippen LogP contribution in [0.3, 0.4) is 0 Å². The number of nitrogens with one attached hydrogen (secondary N) is 1. The number of rotatable bonds is 9. The summed E-state index contributed by atoms with van der Waals surface area (Å²) >= 11 is 0. The largest absolute Gasteiger partial charge is 0.394 e. The summed E-state index contributed by atoms with van der Waals surface area (Å²) in [5.74, 6) is 1.45. The molecule has 0 bridgehead atoms. The summed E-state index contributed by atoms with van der Waals surface area (Å²) in [6, 6.07) is 0.695. The van der Waals surface area contributed by atoms with E-state index in [-0.39, 0.29) is 5.54 Å². The van der Waals surface area contributed by atoms with E-state index in [9.17, 15) is 5.11 Å². The van der Waals surface area contributed by atoms with Crippen LogP contribution in [0.5, 0.6) is 0 Å². The molecule has 118 valence electrons. The molecule has 0 aliphatic heterocycles. The summed E-state index contributed by atoms with van der Waals surface area (Å²) in [6.45, 7) is 7.29. The maximum atomic E-state index is 9.94. The van der Waals surface area contributed by atoms with Gasteiger partial charge >= 0.3 is 0 Å². The number of nitrogens with zero attached hydrogens (tertiary/aromatic N) is 1. The zero-order valence-electron chi connectivity index (χ0n) is 13.7. The second-order valence-corrected chi connectivity index (χ2v) is 7.39. The Kier molecular flexibility index (Phi) is 5.88. The Hall–Kier alpha value is -0.120. The summed E-state index contributed by atoms with van der Waals surface area (Å²) in [7, 11) is 2.25. The maximum absolute atomic E-state index is 9.94. The molecular formula is C17H34N2O. The van der Waals surface area contributed by atoms with Gasteiger partial charge in [-0.25, -0.2) is 0 Å². The van der Waals surface area contributed by atoms with Gasteiger partial charge in [-0.15, -0.1) is 0 Å². The van der Waals surface area contributed by atoms with Crippen molar-refractivity contribution >= 4 is 0 Å². The standard InChI is InChI=1S/C17H34N2O/c1-4-14(2)12-19(3)11-9-15-6-5-10-17(15,13-20)18-16-7-8-16/h14-16,18,20H,4-13H2,1-3H3. The molecule has 0 radical (unpaired) electrons. The second kappa shape index (κ2) is 7.24. The predicted molar refractivity (Wildman–Crippen MR) is 84.9 cm³/mol. The molecule has 0 saturated heterocycles. The minimum Gasteiger partial charge on any atom is -0.394 e. The van der Waals surface area contributed by atoms with Gasteiger partial charge < -0.3 is 15.3 Å². The molecule has 0 heterocycles. The lowest BCUT2D eigenvalue weighted by Crippen LogP contribution is -2.53. The van der Waals surface area contributed by atoms with Gasteiger partial charge in [0.05, 0.1) is 6.61 Å². The number of hydrogen-bond donors (Lipinski definition) is 2. The van der Waals surface area contributed by atoms with Gasteiger partial charge in [0.25, 0.3) is 0 Å². The molecular weight excluding hydrogens is 248 g/mol. The molecule has 0 spiro atoms. The van der Waals surface area contributed by atoms with Gasteiger partial charge in [-0.05, 0) is 57.5 Å². The monoisotopic (exact) mass is 282 g/mol. The molecule has 2 rings (SSSR count). The summed E-state index contributed by atoms with van der Waals surface area (Å²) in [5, 5.41) is 13.7. The molecule has 0 aromatic heterocycles. The molecule has 2 aliphatic rings. The number of aliphatic hydroxyl groups excluding tert-OH is 1. The van der Waals surface area contributed by atoms with Crippen LogP contribution in [0.4, 0.5) is 0 Å². The van der Waals surface area contributed by atoms with Crippen LogP contribution in [0, 0.1) is 11.8 Å². The molecule has 2 N–H and O–H groups in total. The first-order chi connectivity index (χ1) is 9.59. The zero-order valence-corrected chi connectivity index (χ0v) is 13.7. The van der Waals surface area contributed by atoms with Crippen LogP contribution >= 0.6 is 0 Å². The molecule has 2 aliphatic carbocycles. The van der Waals surface area contributed by atoms with Crippen molar-refractivity contribution in [2.45, 2.75) is 70.4 Å². The molecule has 3 heteroatoms. The van der Waals surface area contributed by atoms with Gasteiger partial charge in [0, 0.05) is 18.1 Å². The van der Waals surface area contributed by atoms with Crippen LogP contribution in [0.1, 0.15) is 58.8 Å². The summed E-state index contributed by atoms with van der Waals surface area (Å²) in [5.41, 5.74) is 0.0401. The fourth-order valence-corrected chi connectivity index (χ4v) is 3.77. The fraction of sp³-hybridized carbons (Fsp3) is 1.00. The molecule has 3 atom stereocenters. The van der Waals surface area contributed by atoms with Crippen molar-refractivity contribution in [1.29, 1.82) is 0 Å². The first-order valence-electron chi connectivity index (χ1n) is 8.66. The highest BCUT2D eigenvalue weighted by Gasteiger charge is 2.44. The molecule has 20 heavy (non-hydrogen) atoms. The van der Waals surface area contributed by atoms with Crippen molar-refractivity contribution in [3.05, 3.63) is 0 Å². The molecule has 0 aromatic carbocycles. The maximum Gasteiger partial charge on any atom is 0.0616 e. The van der Waals surface area contributed by atoms with Gasteiger partial charge in [0.1, 0.15) is 0 Å². The van der Waals surface area contributed by atoms with Crippen molar-refractivity contribution in [1.82, 2.24) is 10.2 Å². The van der Waals surface area contributed by atoms with Crippen LogP contribution < -0.4 is 5.32 Å². The van der Waals surface area contributed by atoms with Crippen LogP contribution in [-0.2, 0) is 0 Å². The van der Waals surface area contributed by atoms with E-state index in [1.807, 2.05) is 0 Å². The van der Waals surface area contributed by atoms with Gasteiger partial charge in [0.2, 0.25) is 0 Å². The first kappa shape index (κ1) is 16.3. The lowest BCUT2D eigenvalue weighted by atomic mass is 9.85.